The van der Waals surface area contributed by atoms with Gasteiger partial charge in [-0.25, -0.2) is 0 Å². The van der Waals surface area contributed by atoms with E-state index in [4.69, 9.17) is 0 Å². The number of hydrogen-bond donors (Lipinski definition) is 1. The Hall–Kier alpha value is -0.500. The van der Waals surface area contributed by atoms with Crippen LogP contribution in [0.3, 0.4) is 0 Å². The van der Waals surface area contributed by atoms with Gasteiger partial charge >= 0.3 is 0 Å². The molecule has 0 aromatic rings. The summed E-state index contributed by atoms with van der Waals surface area (Å²) in [5, 5.41) is 3.53. The maximum atomic E-state index is 3.53. The second-order valence-corrected chi connectivity index (χ2v) is 3.73. The van der Waals surface area contributed by atoms with Gasteiger partial charge in [0.2, 0.25) is 0 Å². The normalized spacial score (nSPS) is 30.7. The highest BCUT2D eigenvalue weighted by atomic mass is 15.3. The smallest absolute Gasteiger partial charge is 0.0791 e. The SMILES string of the molecule is C1=CN2CCNC2CCCCC1. The molecule has 0 aromatic carbocycles. The zero-order valence-corrected chi connectivity index (χ0v) is 7.63. The van der Waals surface area contributed by atoms with Crippen molar-refractivity contribution in [1.82, 2.24) is 10.2 Å². The van der Waals surface area contributed by atoms with Crippen molar-refractivity contribution >= 4 is 0 Å². The first kappa shape index (κ1) is 8.11. The van der Waals surface area contributed by atoms with E-state index >= 15 is 0 Å². The molecule has 1 atom stereocenters. The number of allylic oxidation sites excluding steroid dienone is 1. The van der Waals surface area contributed by atoms with E-state index in [0.29, 0.717) is 6.17 Å². The van der Waals surface area contributed by atoms with Crippen LogP contribution < -0.4 is 5.32 Å². The molecule has 1 N–H and O–H groups in total. The fourth-order valence-corrected chi connectivity index (χ4v) is 2.07. The molecular weight excluding hydrogens is 148 g/mol. The third kappa shape index (κ3) is 1.81. The van der Waals surface area contributed by atoms with Crippen LogP contribution in [0.1, 0.15) is 32.1 Å². The number of hydrogen-bond acceptors (Lipinski definition) is 2. The molecule has 2 aliphatic rings. The molecule has 0 radical (unpaired) electrons. The highest BCUT2D eigenvalue weighted by Gasteiger charge is 2.20. The van der Waals surface area contributed by atoms with Crippen molar-refractivity contribution in [3.8, 4) is 0 Å². The van der Waals surface area contributed by atoms with E-state index in [1.807, 2.05) is 0 Å². The summed E-state index contributed by atoms with van der Waals surface area (Å²) in [5.74, 6) is 0. The molecule has 1 fully saturated rings. The van der Waals surface area contributed by atoms with Gasteiger partial charge in [0.15, 0.2) is 0 Å². The topological polar surface area (TPSA) is 15.3 Å². The molecule has 0 spiro atoms. The summed E-state index contributed by atoms with van der Waals surface area (Å²) in [6, 6.07) is 0. The third-order valence-electron chi connectivity index (χ3n) is 2.80. The Kier molecular flexibility index (Phi) is 2.67. The monoisotopic (exact) mass is 166 g/mol. The van der Waals surface area contributed by atoms with Crippen LogP contribution in [0.25, 0.3) is 0 Å². The van der Waals surface area contributed by atoms with Crippen molar-refractivity contribution in [3.05, 3.63) is 12.3 Å². The van der Waals surface area contributed by atoms with Crippen LogP contribution in [0.15, 0.2) is 12.3 Å². The lowest BCUT2D eigenvalue weighted by molar-refractivity contribution is 0.307. The van der Waals surface area contributed by atoms with E-state index in [9.17, 15) is 0 Å². The van der Waals surface area contributed by atoms with Crippen LogP contribution in [-0.4, -0.2) is 24.2 Å². The van der Waals surface area contributed by atoms with Crippen molar-refractivity contribution in [1.29, 1.82) is 0 Å². The fraction of sp³-hybridized carbons (Fsp3) is 0.800. The molecule has 68 valence electrons. The fourth-order valence-electron chi connectivity index (χ4n) is 2.07. The van der Waals surface area contributed by atoms with Gasteiger partial charge < -0.3 is 4.90 Å². The maximum Gasteiger partial charge on any atom is 0.0791 e. The van der Waals surface area contributed by atoms with E-state index in [2.05, 4.69) is 22.5 Å². The maximum absolute atomic E-state index is 3.53. The quantitative estimate of drug-likeness (QED) is 0.589. The van der Waals surface area contributed by atoms with Gasteiger partial charge in [0.05, 0.1) is 6.17 Å². The van der Waals surface area contributed by atoms with E-state index in [1.54, 1.807) is 0 Å². The van der Waals surface area contributed by atoms with Gasteiger partial charge in [-0.15, -0.1) is 0 Å². The molecule has 0 bridgehead atoms. The largest absolute Gasteiger partial charge is 0.361 e. The lowest BCUT2D eigenvalue weighted by atomic mass is 10.1. The Morgan fingerprint density at radius 3 is 3.25 bits per heavy atom. The number of nitrogens with zero attached hydrogens (tertiary/aromatic N) is 1. The van der Waals surface area contributed by atoms with E-state index in [1.165, 1.54) is 38.6 Å². The second-order valence-electron chi connectivity index (χ2n) is 3.73. The summed E-state index contributed by atoms with van der Waals surface area (Å²) < 4.78 is 0. The standard InChI is InChI=1S/C10H18N2/c1-2-4-6-10-11-7-9-12(10)8-5-3-1/h5,8,10-11H,1-4,6-7,9H2. The molecule has 2 heteroatoms. The predicted molar refractivity (Wildman–Crippen MR) is 50.7 cm³/mol. The molecule has 0 aliphatic carbocycles. The minimum absolute atomic E-state index is 0.638. The predicted octanol–water partition coefficient (Wildman–Crippen LogP) is 1.70. The first-order chi connectivity index (χ1) is 5.97. The summed E-state index contributed by atoms with van der Waals surface area (Å²) in [7, 11) is 0. The van der Waals surface area contributed by atoms with Crippen LogP contribution >= 0.6 is 0 Å². The van der Waals surface area contributed by atoms with Gasteiger partial charge in [0.1, 0.15) is 0 Å². The average molecular weight is 166 g/mol. The van der Waals surface area contributed by atoms with Crippen molar-refractivity contribution in [2.75, 3.05) is 13.1 Å². The van der Waals surface area contributed by atoms with Crippen molar-refractivity contribution in [2.45, 2.75) is 38.3 Å². The van der Waals surface area contributed by atoms with Crippen LogP contribution in [0.2, 0.25) is 0 Å². The molecule has 12 heavy (non-hydrogen) atoms. The molecule has 2 nitrogen and oxygen atoms in total. The minimum atomic E-state index is 0.638. The molecule has 2 aliphatic heterocycles. The number of fused-ring (bicyclic) bond motifs is 1. The summed E-state index contributed by atoms with van der Waals surface area (Å²) in [5.41, 5.74) is 0. The summed E-state index contributed by atoms with van der Waals surface area (Å²) in [6.07, 6.45) is 12.0. The summed E-state index contributed by atoms with van der Waals surface area (Å²) in [4.78, 5) is 2.45. The molecular formula is C10H18N2. The number of nitrogens with one attached hydrogen (secondary N) is 1. The first-order valence-corrected chi connectivity index (χ1v) is 5.12. The Balaban J connectivity index is 1.97. The van der Waals surface area contributed by atoms with E-state index in [-0.39, 0.29) is 0 Å². The Bertz CT molecular complexity index is 165. The minimum Gasteiger partial charge on any atom is -0.361 e. The van der Waals surface area contributed by atoms with Crippen LogP contribution in [0.4, 0.5) is 0 Å². The zero-order valence-electron chi connectivity index (χ0n) is 7.63. The molecule has 0 amide bonds. The summed E-state index contributed by atoms with van der Waals surface area (Å²) >= 11 is 0. The highest BCUT2D eigenvalue weighted by molar-refractivity contribution is 4.91. The van der Waals surface area contributed by atoms with Gasteiger partial charge in [-0.05, 0) is 25.5 Å². The van der Waals surface area contributed by atoms with Crippen molar-refractivity contribution in [3.63, 3.8) is 0 Å². The zero-order chi connectivity index (χ0) is 8.23. The molecule has 2 rings (SSSR count). The van der Waals surface area contributed by atoms with Crippen molar-refractivity contribution < 1.29 is 0 Å². The Morgan fingerprint density at radius 2 is 2.25 bits per heavy atom. The third-order valence-corrected chi connectivity index (χ3v) is 2.80. The molecule has 0 saturated carbocycles. The Labute approximate surface area is 74.6 Å². The van der Waals surface area contributed by atoms with E-state index in [0.717, 1.165) is 6.54 Å². The molecule has 0 aromatic heterocycles. The van der Waals surface area contributed by atoms with Gasteiger partial charge in [-0.1, -0.05) is 18.9 Å². The number of rotatable bonds is 0. The second kappa shape index (κ2) is 3.94. The lowest BCUT2D eigenvalue weighted by Gasteiger charge is -2.21. The highest BCUT2D eigenvalue weighted by Crippen LogP contribution is 2.15. The molecule has 1 unspecified atom stereocenters. The van der Waals surface area contributed by atoms with Gasteiger partial charge in [0.25, 0.3) is 0 Å². The average Bonchev–Trinajstić information content (AvgIpc) is 2.50. The Morgan fingerprint density at radius 1 is 1.25 bits per heavy atom. The van der Waals surface area contributed by atoms with Crippen LogP contribution in [-0.2, 0) is 0 Å². The lowest BCUT2D eigenvalue weighted by Crippen LogP contribution is -2.31. The molecule has 1 saturated heterocycles. The van der Waals surface area contributed by atoms with E-state index < -0.39 is 0 Å². The molecule has 2 heterocycles. The summed E-state index contributed by atoms with van der Waals surface area (Å²) in [6.45, 7) is 2.36. The van der Waals surface area contributed by atoms with Gasteiger partial charge in [-0.2, -0.15) is 0 Å². The van der Waals surface area contributed by atoms with Gasteiger partial charge in [-0.3, -0.25) is 5.32 Å². The van der Waals surface area contributed by atoms with Crippen molar-refractivity contribution in [2.24, 2.45) is 0 Å². The first-order valence-electron chi connectivity index (χ1n) is 5.12. The van der Waals surface area contributed by atoms with Gasteiger partial charge in [0, 0.05) is 13.1 Å². The van der Waals surface area contributed by atoms with Crippen LogP contribution in [0, 0.1) is 0 Å². The van der Waals surface area contributed by atoms with Crippen LogP contribution in [0.5, 0.6) is 0 Å².